The second-order valence-electron chi connectivity index (χ2n) is 2.29. The molecule has 1 aromatic carbocycles. The molecule has 0 aromatic heterocycles. The second-order valence-corrected chi connectivity index (χ2v) is 2.29. The van der Waals surface area contributed by atoms with Crippen LogP contribution in [0.25, 0.3) is 16.5 Å². The maximum atomic E-state index is 8.12. The van der Waals surface area contributed by atoms with E-state index in [1.807, 2.05) is 24.3 Å². The van der Waals surface area contributed by atoms with Crippen LogP contribution in [0.2, 0.25) is 0 Å². The smallest absolute Gasteiger partial charge is 0.0516 e. The van der Waals surface area contributed by atoms with E-state index in [9.17, 15) is 0 Å². The Balaban J connectivity index is 2.96. The first kappa shape index (κ1) is 8.37. The van der Waals surface area contributed by atoms with Gasteiger partial charge in [0, 0.05) is 4.91 Å². The van der Waals surface area contributed by atoms with Gasteiger partial charge in [0.05, 0.1) is 6.54 Å². The van der Waals surface area contributed by atoms with Crippen LogP contribution in [0.1, 0.15) is 11.1 Å². The fourth-order valence-electron chi connectivity index (χ4n) is 0.985. The van der Waals surface area contributed by atoms with E-state index in [1.54, 1.807) is 6.08 Å². The van der Waals surface area contributed by atoms with Crippen molar-refractivity contribution in [2.45, 2.75) is 6.54 Å². The van der Waals surface area contributed by atoms with Gasteiger partial charge in [-0.2, -0.15) is 0 Å². The van der Waals surface area contributed by atoms with Crippen molar-refractivity contribution in [1.82, 2.24) is 0 Å². The van der Waals surface area contributed by atoms with Gasteiger partial charge >= 0.3 is 0 Å². The zero-order chi connectivity index (χ0) is 8.81. The summed E-state index contributed by atoms with van der Waals surface area (Å²) in [6, 6.07) is 7.70. The van der Waals surface area contributed by atoms with Crippen LogP contribution in [-0.4, -0.2) is 0 Å². The quantitative estimate of drug-likeness (QED) is 0.369. The third-order valence-electron chi connectivity index (χ3n) is 1.58. The number of hydrogen-bond donors (Lipinski definition) is 0. The number of nitrogens with zero attached hydrogens (tertiary/aromatic N) is 3. The van der Waals surface area contributed by atoms with Crippen LogP contribution in [0.3, 0.4) is 0 Å². The molecular formula is C9H9N3. The van der Waals surface area contributed by atoms with Gasteiger partial charge in [0.25, 0.3) is 0 Å². The highest BCUT2D eigenvalue weighted by atomic mass is 15.1. The zero-order valence-corrected chi connectivity index (χ0v) is 6.64. The molecule has 0 radical (unpaired) electrons. The Labute approximate surface area is 71.0 Å². The molecule has 3 nitrogen and oxygen atoms in total. The fourth-order valence-corrected chi connectivity index (χ4v) is 0.985. The summed E-state index contributed by atoms with van der Waals surface area (Å²) in [7, 11) is 0. The summed E-state index contributed by atoms with van der Waals surface area (Å²) < 4.78 is 0. The normalized spacial score (nSPS) is 8.67. The van der Waals surface area contributed by atoms with E-state index < -0.39 is 0 Å². The number of benzene rings is 1. The fraction of sp³-hybridized carbons (Fsp3) is 0.111. The van der Waals surface area contributed by atoms with E-state index in [4.69, 9.17) is 5.53 Å². The predicted molar refractivity (Wildman–Crippen MR) is 49.4 cm³/mol. The molecule has 0 spiro atoms. The Hall–Kier alpha value is -1.73. The van der Waals surface area contributed by atoms with Gasteiger partial charge in [0.2, 0.25) is 0 Å². The first-order chi connectivity index (χ1) is 5.88. The van der Waals surface area contributed by atoms with E-state index in [0.717, 1.165) is 11.1 Å². The third kappa shape index (κ3) is 1.87. The molecule has 0 fully saturated rings. The SMILES string of the molecule is C=Cc1ccccc1CN=[N+]=[N-]. The largest absolute Gasteiger partial charge is 0.0985 e. The summed E-state index contributed by atoms with van der Waals surface area (Å²) in [6.07, 6.45) is 1.75. The van der Waals surface area contributed by atoms with Gasteiger partial charge in [-0.05, 0) is 16.7 Å². The van der Waals surface area contributed by atoms with Crippen molar-refractivity contribution < 1.29 is 0 Å². The first-order valence-electron chi connectivity index (χ1n) is 3.59. The minimum Gasteiger partial charge on any atom is -0.0985 e. The number of hydrogen-bond acceptors (Lipinski definition) is 1. The zero-order valence-electron chi connectivity index (χ0n) is 6.64. The average molecular weight is 159 g/mol. The minimum atomic E-state index is 0.388. The third-order valence-corrected chi connectivity index (χ3v) is 1.58. The Bertz CT molecular complexity index is 324. The molecule has 0 saturated heterocycles. The maximum Gasteiger partial charge on any atom is 0.0516 e. The molecule has 60 valence electrons. The highest BCUT2D eigenvalue weighted by Crippen LogP contribution is 2.10. The van der Waals surface area contributed by atoms with Crippen molar-refractivity contribution in [3.8, 4) is 0 Å². The summed E-state index contributed by atoms with van der Waals surface area (Å²) in [4.78, 5) is 2.70. The number of azide groups is 1. The van der Waals surface area contributed by atoms with Crippen molar-refractivity contribution >= 4 is 6.08 Å². The van der Waals surface area contributed by atoms with E-state index in [-0.39, 0.29) is 0 Å². The van der Waals surface area contributed by atoms with E-state index in [2.05, 4.69) is 16.6 Å². The molecule has 0 N–H and O–H groups in total. The van der Waals surface area contributed by atoms with Crippen molar-refractivity contribution in [2.75, 3.05) is 0 Å². The van der Waals surface area contributed by atoms with Gasteiger partial charge in [0.1, 0.15) is 0 Å². The first-order valence-corrected chi connectivity index (χ1v) is 3.59. The van der Waals surface area contributed by atoms with Crippen molar-refractivity contribution in [3.05, 3.63) is 52.4 Å². The summed E-state index contributed by atoms with van der Waals surface area (Å²) in [5, 5.41) is 3.48. The van der Waals surface area contributed by atoms with Gasteiger partial charge in [0.15, 0.2) is 0 Å². The van der Waals surface area contributed by atoms with Gasteiger partial charge in [-0.1, -0.05) is 42.0 Å². The molecule has 0 unspecified atom stereocenters. The average Bonchev–Trinajstić information content (AvgIpc) is 2.15. The van der Waals surface area contributed by atoms with Crippen LogP contribution in [0.4, 0.5) is 0 Å². The summed E-state index contributed by atoms with van der Waals surface area (Å²) in [5.41, 5.74) is 10.1. The van der Waals surface area contributed by atoms with Crippen LogP contribution in [-0.2, 0) is 6.54 Å². The molecule has 0 aliphatic carbocycles. The molecule has 3 heteroatoms. The minimum absolute atomic E-state index is 0.388. The van der Waals surface area contributed by atoms with Crippen LogP contribution >= 0.6 is 0 Å². The van der Waals surface area contributed by atoms with Crippen LogP contribution in [0.15, 0.2) is 36.0 Å². The Kier molecular flexibility index (Phi) is 2.94. The van der Waals surface area contributed by atoms with Crippen LogP contribution in [0.5, 0.6) is 0 Å². The highest BCUT2D eigenvalue weighted by Gasteiger charge is 1.94. The molecule has 1 aromatic rings. The summed E-state index contributed by atoms with van der Waals surface area (Å²) >= 11 is 0. The van der Waals surface area contributed by atoms with E-state index in [0.29, 0.717) is 6.54 Å². The molecule has 1 rings (SSSR count). The summed E-state index contributed by atoms with van der Waals surface area (Å²) in [5.74, 6) is 0. The maximum absolute atomic E-state index is 8.12. The topological polar surface area (TPSA) is 48.8 Å². The van der Waals surface area contributed by atoms with E-state index >= 15 is 0 Å². The molecular weight excluding hydrogens is 150 g/mol. The lowest BCUT2D eigenvalue weighted by Crippen LogP contribution is -1.84. The Morgan fingerprint density at radius 2 is 2.25 bits per heavy atom. The standard InChI is InChI=1S/C9H9N3/c1-2-8-5-3-4-6-9(8)7-11-12-10/h2-6H,1,7H2. The van der Waals surface area contributed by atoms with Gasteiger partial charge in [-0.25, -0.2) is 0 Å². The molecule has 12 heavy (non-hydrogen) atoms. The lowest BCUT2D eigenvalue weighted by Gasteiger charge is -1.99. The van der Waals surface area contributed by atoms with Gasteiger partial charge in [-0.15, -0.1) is 0 Å². The van der Waals surface area contributed by atoms with E-state index in [1.165, 1.54) is 0 Å². The van der Waals surface area contributed by atoms with Gasteiger partial charge < -0.3 is 0 Å². The predicted octanol–water partition coefficient (Wildman–Crippen LogP) is 3.14. The van der Waals surface area contributed by atoms with Crippen molar-refractivity contribution in [2.24, 2.45) is 5.11 Å². The molecule has 0 aliphatic heterocycles. The van der Waals surface area contributed by atoms with Crippen molar-refractivity contribution in [3.63, 3.8) is 0 Å². The number of rotatable bonds is 3. The molecule has 0 heterocycles. The monoisotopic (exact) mass is 159 g/mol. The lowest BCUT2D eigenvalue weighted by molar-refractivity contribution is 1.04. The Morgan fingerprint density at radius 3 is 2.92 bits per heavy atom. The molecule has 0 aliphatic rings. The summed E-state index contributed by atoms with van der Waals surface area (Å²) in [6.45, 7) is 4.05. The van der Waals surface area contributed by atoms with Crippen LogP contribution < -0.4 is 0 Å². The Morgan fingerprint density at radius 1 is 1.50 bits per heavy atom. The van der Waals surface area contributed by atoms with Crippen molar-refractivity contribution in [1.29, 1.82) is 0 Å². The van der Waals surface area contributed by atoms with Gasteiger partial charge in [-0.3, -0.25) is 0 Å². The lowest BCUT2D eigenvalue weighted by atomic mass is 10.1. The molecule has 0 bridgehead atoms. The molecule has 0 atom stereocenters. The molecule has 0 saturated carbocycles. The highest BCUT2D eigenvalue weighted by molar-refractivity contribution is 5.51. The molecule has 0 amide bonds. The van der Waals surface area contributed by atoms with Crippen LogP contribution in [0, 0.1) is 0 Å². The second kappa shape index (κ2) is 4.21.